The lowest BCUT2D eigenvalue weighted by Crippen LogP contribution is -2.40. The lowest BCUT2D eigenvalue weighted by molar-refractivity contribution is 0.547. The molecule has 0 saturated heterocycles. The molecule has 0 aliphatic heterocycles. The molecule has 0 bridgehead atoms. The monoisotopic (exact) mass is 214 g/mol. The predicted molar refractivity (Wildman–Crippen MR) is 55.0 cm³/mol. The summed E-state index contributed by atoms with van der Waals surface area (Å²) >= 11 is 0. The molecule has 1 atom stereocenters. The van der Waals surface area contributed by atoms with Gasteiger partial charge in [-0.15, -0.1) is 0 Å². The first-order valence-electron chi connectivity index (χ1n) is 4.39. The minimum absolute atomic E-state index is 0.240. The van der Waals surface area contributed by atoms with Crippen LogP contribution in [-0.2, 0) is 10.0 Å². The zero-order valence-electron chi connectivity index (χ0n) is 7.97. The molecule has 0 saturated carbocycles. The Bertz CT molecular complexity index is 375. The van der Waals surface area contributed by atoms with Crippen molar-refractivity contribution in [3.63, 3.8) is 0 Å². The molecule has 0 aliphatic carbocycles. The summed E-state index contributed by atoms with van der Waals surface area (Å²) in [6.07, 6.45) is 0.0340. The van der Waals surface area contributed by atoms with Crippen LogP contribution in [0.3, 0.4) is 0 Å². The summed E-state index contributed by atoms with van der Waals surface area (Å²) in [5, 5.41) is 0. The Morgan fingerprint density at radius 2 is 1.93 bits per heavy atom. The molecular weight excluding hydrogens is 200 g/mol. The van der Waals surface area contributed by atoms with Gasteiger partial charge >= 0.3 is 0 Å². The molecular formula is C9H14N2O2S. The molecule has 0 aromatic heterocycles. The third kappa shape index (κ3) is 2.80. The van der Waals surface area contributed by atoms with Crippen molar-refractivity contribution in [2.24, 2.45) is 5.73 Å². The van der Waals surface area contributed by atoms with Crippen molar-refractivity contribution in [3.05, 3.63) is 30.3 Å². The number of hydrogen-bond donors (Lipinski definition) is 2. The van der Waals surface area contributed by atoms with Crippen LogP contribution in [0.2, 0.25) is 0 Å². The molecule has 1 unspecified atom stereocenters. The highest BCUT2D eigenvalue weighted by Gasteiger charge is 2.15. The molecule has 0 fully saturated rings. The zero-order valence-corrected chi connectivity index (χ0v) is 8.79. The summed E-state index contributed by atoms with van der Waals surface area (Å²) in [6, 6.07) is 8.17. The number of sulfonamides is 1. The van der Waals surface area contributed by atoms with Gasteiger partial charge in [-0.2, -0.15) is 4.72 Å². The average Bonchev–Trinajstić information content (AvgIpc) is 2.18. The van der Waals surface area contributed by atoms with Crippen molar-refractivity contribution in [3.8, 4) is 0 Å². The fraction of sp³-hybridized carbons (Fsp3) is 0.333. The standard InChI is InChI=1S/C9H14N2O2S/c1-2-9(10)11-14(12,13)8-6-4-3-5-7-8/h3-7,9,11H,2,10H2,1H3. The van der Waals surface area contributed by atoms with Gasteiger partial charge < -0.3 is 5.73 Å². The highest BCUT2D eigenvalue weighted by atomic mass is 32.2. The number of nitrogens with two attached hydrogens (primary N) is 1. The largest absolute Gasteiger partial charge is 0.315 e. The SMILES string of the molecule is CCC(N)NS(=O)(=O)c1ccccc1. The highest BCUT2D eigenvalue weighted by Crippen LogP contribution is 2.07. The molecule has 3 N–H and O–H groups in total. The van der Waals surface area contributed by atoms with E-state index in [9.17, 15) is 8.42 Å². The maximum absolute atomic E-state index is 11.6. The first-order chi connectivity index (χ1) is 6.56. The molecule has 14 heavy (non-hydrogen) atoms. The van der Waals surface area contributed by atoms with Crippen LogP contribution in [-0.4, -0.2) is 14.6 Å². The first-order valence-corrected chi connectivity index (χ1v) is 5.87. The Morgan fingerprint density at radius 1 is 1.36 bits per heavy atom. The van der Waals surface area contributed by atoms with E-state index >= 15 is 0 Å². The molecule has 4 nitrogen and oxygen atoms in total. The summed E-state index contributed by atoms with van der Waals surface area (Å²) < 4.78 is 25.6. The van der Waals surface area contributed by atoms with Gasteiger partial charge in [0.1, 0.15) is 0 Å². The second-order valence-electron chi connectivity index (χ2n) is 2.95. The molecule has 78 valence electrons. The van der Waals surface area contributed by atoms with E-state index in [4.69, 9.17) is 5.73 Å². The normalized spacial score (nSPS) is 13.9. The van der Waals surface area contributed by atoms with Gasteiger partial charge in [0.05, 0.1) is 11.1 Å². The summed E-state index contributed by atoms with van der Waals surface area (Å²) in [6.45, 7) is 1.82. The molecule has 1 aromatic carbocycles. The molecule has 0 radical (unpaired) electrons. The van der Waals surface area contributed by atoms with Crippen molar-refractivity contribution in [2.75, 3.05) is 0 Å². The lowest BCUT2D eigenvalue weighted by atomic mass is 10.4. The van der Waals surface area contributed by atoms with Gasteiger partial charge in [-0.25, -0.2) is 8.42 Å². The van der Waals surface area contributed by atoms with E-state index in [1.165, 1.54) is 12.1 Å². The maximum Gasteiger partial charge on any atom is 0.241 e. The maximum atomic E-state index is 11.6. The Kier molecular flexibility index (Phi) is 3.62. The number of hydrogen-bond acceptors (Lipinski definition) is 3. The zero-order chi connectivity index (χ0) is 10.6. The Morgan fingerprint density at radius 3 is 2.43 bits per heavy atom. The van der Waals surface area contributed by atoms with Gasteiger partial charge in [0.25, 0.3) is 0 Å². The van der Waals surface area contributed by atoms with Crippen LogP contribution in [0.5, 0.6) is 0 Å². The fourth-order valence-corrected chi connectivity index (χ4v) is 2.17. The topological polar surface area (TPSA) is 72.2 Å². The van der Waals surface area contributed by atoms with E-state index in [0.29, 0.717) is 6.42 Å². The minimum Gasteiger partial charge on any atom is -0.315 e. The van der Waals surface area contributed by atoms with Crippen LogP contribution in [0, 0.1) is 0 Å². The summed E-state index contributed by atoms with van der Waals surface area (Å²) in [5.41, 5.74) is 5.51. The highest BCUT2D eigenvalue weighted by molar-refractivity contribution is 7.89. The number of rotatable bonds is 4. The van der Waals surface area contributed by atoms with Crippen molar-refractivity contribution in [1.29, 1.82) is 0 Å². The van der Waals surface area contributed by atoms with Crippen molar-refractivity contribution < 1.29 is 8.42 Å². The van der Waals surface area contributed by atoms with Crippen LogP contribution in [0.25, 0.3) is 0 Å². The van der Waals surface area contributed by atoms with Gasteiger partial charge in [0.2, 0.25) is 10.0 Å². The summed E-state index contributed by atoms with van der Waals surface area (Å²) in [5.74, 6) is 0. The average molecular weight is 214 g/mol. The summed E-state index contributed by atoms with van der Waals surface area (Å²) in [7, 11) is -3.45. The van der Waals surface area contributed by atoms with Crippen LogP contribution in [0.4, 0.5) is 0 Å². The Labute approximate surface area is 84.2 Å². The molecule has 0 heterocycles. The van der Waals surface area contributed by atoms with Crippen LogP contribution < -0.4 is 10.5 Å². The van der Waals surface area contributed by atoms with Crippen molar-refractivity contribution >= 4 is 10.0 Å². The van der Waals surface area contributed by atoms with E-state index in [2.05, 4.69) is 4.72 Å². The Balaban J connectivity index is 2.87. The third-order valence-electron chi connectivity index (χ3n) is 1.80. The van der Waals surface area contributed by atoms with E-state index in [-0.39, 0.29) is 4.90 Å². The van der Waals surface area contributed by atoms with Gasteiger partial charge in [0, 0.05) is 0 Å². The second-order valence-corrected chi connectivity index (χ2v) is 4.66. The van der Waals surface area contributed by atoms with Gasteiger partial charge in [-0.05, 0) is 18.6 Å². The van der Waals surface area contributed by atoms with Crippen molar-refractivity contribution in [1.82, 2.24) is 4.72 Å². The van der Waals surface area contributed by atoms with Crippen LogP contribution in [0.15, 0.2) is 35.2 Å². The first kappa shape index (κ1) is 11.2. The smallest absolute Gasteiger partial charge is 0.241 e. The predicted octanol–water partition coefficient (Wildman–Crippen LogP) is 0.660. The summed E-state index contributed by atoms with van der Waals surface area (Å²) in [4.78, 5) is 0.240. The van der Waals surface area contributed by atoms with Gasteiger partial charge in [-0.1, -0.05) is 25.1 Å². The van der Waals surface area contributed by atoms with E-state index in [0.717, 1.165) is 0 Å². The minimum atomic E-state index is -3.45. The van der Waals surface area contributed by atoms with Crippen molar-refractivity contribution in [2.45, 2.75) is 24.4 Å². The lowest BCUT2D eigenvalue weighted by Gasteiger charge is -2.11. The number of nitrogens with one attached hydrogen (secondary N) is 1. The molecule has 0 amide bonds. The van der Waals surface area contributed by atoms with Gasteiger partial charge in [-0.3, -0.25) is 0 Å². The molecule has 0 aliphatic rings. The Hall–Kier alpha value is -0.910. The molecule has 1 rings (SSSR count). The molecule has 5 heteroatoms. The van der Waals surface area contributed by atoms with Crippen LogP contribution >= 0.6 is 0 Å². The molecule has 1 aromatic rings. The van der Waals surface area contributed by atoms with E-state index in [1.807, 2.05) is 6.92 Å². The van der Waals surface area contributed by atoms with E-state index in [1.54, 1.807) is 18.2 Å². The quantitative estimate of drug-likeness (QED) is 0.723. The fourth-order valence-electron chi connectivity index (χ4n) is 0.950. The molecule has 0 spiro atoms. The third-order valence-corrected chi connectivity index (χ3v) is 3.31. The van der Waals surface area contributed by atoms with Crippen LogP contribution in [0.1, 0.15) is 13.3 Å². The number of benzene rings is 1. The van der Waals surface area contributed by atoms with Gasteiger partial charge in [0.15, 0.2) is 0 Å². The second kappa shape index (κ2) is 4.54. The van der Waals surface area contributed by atoms with E-state index < -0.39 is 16.2 Å².